The first kappa shape index (κ1) is 24.5. The molecule has 0 heterocycles. The van der Waals surface area contributed by atoms with Crippen molar-refractivity contribution >= 4 is 43.0 Å². The van der Waals surface area contributed by atoms with Crippen molar-refractivity contribution in [2.75, 3.05) is 11.6 Å². The van der Waals surface area contributed by atoms with E-state index in [1.54, 1.807) is 18.7 Å². The third-order valence-electron chi connectivity index (χ3n) is 3.48. The maximum absolute atomic E-state index is 12.0. The molecular weight excluding hydrogens is 355 g/mol. The molecule has 3 amide bonds. The van der Waals surface area contributed by atoms with E-state index in [9.17, 15) is 19.2 Å². The Kier molecular flexibility index (Phi) is 12.8. The lowest BCUT2D eigenvalue weighted by Crippen LogP contribution is -2.53. The number of carbonyl (C=O) groups excluding carboxylic acids is 4. The maximum atomic E-state index is 12.0. The second kappa shape index (κ2) is 13.6. The largest absolute Gasteiger partial charge is 0.345 e. The number of nitrogens with two attached hydrogens (primary N) is 1. The Labute approximate surface area is 160 Å². The molecule has 0 aliphatic rings. The van der Waals surface area contributed by atoms with Crippen molar-refractivity contribution in [1.82, 2.24) is 16.0 Å². The van der Waals surface area contributed by atoms with E-state index in [0.29, 0.717) is 12.3 Å². The van der Waals surface area contributed by atoms with E-state index in [0.717, 1.165) is 25.0 Å². The SMILES string of the molecule is [B]C(=O)CCCCCSCNC(=O)C(C)NC(=O)C(C)NC(=O)C(C)N. The lowest BCUT2D eigenvalue weighted by molar-refractivity contribution is -0.131. The predicted molar refractivity (Wildman–Crippen MR) is 104 cm³/mol. The fourth-order valence-corrected chi connectivity index (χ4v) is 2.64. The molecule has 0 rings (SSSR count). The summed E-state index contributed by atoms with van der Waals surface area (Å²) in [5.74, 6) is 0.109. The van der Waals surface area contributed by atoms with Crippen LogP contribution in [-0.2, 0) is 19.2 Å². The average molecular weight is 384 g/mol. The van der Waals surface area contributed by atoms with Crippen LogP contribution >= 0.6 is 11.8 Å². The van der Waals surface area contributed by atoms with E-state index in [4.69, 9.17) is 13.6 Å². The van der Waals surface area contributed by atoms with E-state index in [-0.39, 0.29) is 11.6 Å². The van der Waals surface area contributed by atoms with Gasteiger partial charge in [-0.3, -0.25) is 14.4 Å². The van der Waals surface area contributed by atoms with Crippen LogP contribution < -0.4 is 21.7 Å². The zero-order valence-corrected chi connectivity index (χ0v) is 16.5. The number of hydrogen-bond donors (Lipinski definition) is 4. The number of hydrogen-bond acceptors (Lipinski definition) is 6. The molecule has 3 atom stereocenters. The van der Waals surface area contributed by atoms with Gasteiger partial charge in [0.1, 0.15) is 12.1 Å². The normalized spacial score (nSPS) is 14.0. The molecule has 0 aromatic rings. The third-order valence-corrected chi connectivity index (χ3v) is 4.40. The molecule has 0 spiro atoms. The van der Waals surface area contributed by atoms with E-state index < -0.39 is 29.9 Å². The Morgan fingerprint density at radius 2 is 1.50 bits per heavy atom. The van der Waals surface area contributed by atoms with Crippen LogP contribution in [0.3, 0.4) is 0 Å². The van der Waals surface area contributed by atoms with Crippen molar-refractivity contribution in [2.45, 2.75) is 64.6 Å². The third kappa shape index (κ3) is 11.9. The summed E-state index contributed by atoms with van der Waals surface area (Å²) in [5, 5.41) is 7.73. The average Bonchev–Trinajstić information content (AvgIpc) is 2.56. The number of amides is 3. The topological polar surface area (TPSA) is 130 Å². The van der Waals surface area contributed by atoms with Gasteiger partial charge in [0.05, 0.1) is 17.6 Å². The highest BCUT2D eigenvalue weighted by atomic mass is 32.2. The molecule has 2 radical (unpaired) electrons. The fourth-order valence-electron chi connectivity index (χ4n) is 1.84. The molecular formula is C16H29BN4O4S. The van der Waals surface area contributed by atoms with Gasteiger partial charge in [-0.2, -0.15) is 0 Å². The maximum Gasteiger partial charge on any atom is 0.242 e. The lowest BCUT2D eigenvalue weighted by atomic mass is 9.97. The van der Waals surface area contributed by atoms with Crippen molar-refractivity contribution in [3.8, 4) is 0 Å². The predicted octanol–water partition coefficient (Wildman–Crippen LogP) is -0.595. The molecule has 3 unspecified atom stereocenters. The summed E-state index contributed by atoms with van der Waals surface area (Å²) in [4.78, 5) is 45.9. The highest BCUT2D eigenvalue weighted by molar-refractivity contribution is 7.99. The Morgan fingerprint density at radius 1 is 0.923 bits per heavy atom. The van der Waals surface area contributed by atoms with Gasteiger partial charge in [-0.1, -0.05) is 6.42 Å². The number of carbonyl (C=O) groups is 4. The summed E-state index contributed by atoms with van der Waals surface area (Å²) < 4.78 is 0. The summed E-state index contributed by atoms with van der Waals surface area (Å²) in [6.45, 7) is 4.61. The van der Waals surface area contributed by atoms with Gasteiger partial charge in [-0.15, -0.1) is 11.8 Å². The molecule has 0 fully saturated rings. The van der Waals surface area contributed by atoms with Crippen molar-refractivity contribution in [3.05, 3.63) is 0 Å². The highest BCUT2D eigenvalue weighted by Gasteiger charge is 2.21. The van der Waals surface area contributed by atoms with Gasteiger partial charge in [-0.05, 0) is 45.8 Å². The molecule has 146 valence electrons. The smallest absolute Gasteiger partial charge is 0.242 e. The van der Waals surface area contributed by atoms with E-state index >= 15 is 0 Å². The first-order valence-corrected chi connectivity index (χ1v) is 9.80. The second-order valence-electron chi connectivity index (χ2n) is 6.12. The molecule has 8 nitrogen and oxygen atoms in total. The van der Waals surface area contributed by atoms with Gasteiger partial charge < -0.3 is 26.5 Å². The van der Waals surface area contributed by atoms with Gasteiger partial charge in [0, 0.05) is 0 Å². The van der Waals surface area contributed by atoms with Gasteiger partial charge in [0.15, 0.2) is 7.85 Å². The van der Waals surface area contributed by atoms with Crippen LogP contribution in [0.2, 0.25) is 0 Å². The summed E-state index contributed by atoms with van der Waals surface area (Å²) in [7, 11) is 5.06. The number of unbranched alkanes of at least 4 members (excludes halogenated alkanes) is 2. The molecule has 26 heavy (non-hydrogen) atoms. The van der Waals surface area contributed by atoms with Crippen LogP contribution in [0.25, 0.3) is 0 Å². The van der Waals surface area contributed by atoms with E-state index in [1.807, 2.05) is 0 Å². The molecule has 10 heteroatoms. The van der Waals surface area contributed by atoms with E-state index in [1.165, 1.54) is 13.8 Å². The fraction of sp³-hybridized carbons (Fsp3) is 0.750. The van der Waals surface area contributed by atoms with Crippen LogP contribution in [0.5, 0.6) is 0 Å². The van der Waals surface area contributed by atoms with Gasteiger partial charge >= 0.3 is 0 Å². The Bertz CT molecular complexity index is 491. The standard InChI is InChI=1S/C16H29BN4O4S/c1-10(18)14(23)20-12(3)16(25)21-11(2)15(24)19-9-26-8-6-4-5-7-13(17)22/h10-12H,4-9,18H2,1-3H3,(H,19,24)(H,20,23)(H,21,25). The van der Waals surface area contributed by atoms with Crippen LogP contribution in [-0.4, -0.2) is 61.0 Å². The zero-order chi connectivity index (χ0) is 20.1. The minimum absolute atomic E-state index is 0.285. The van der Waals surface area contributed by atoms with E-state index in [2.05, 4.69) is 16.0 Å². The summed E-state index contributed by atoms with van der Waals surface area (Å²) in [5.41, 5.74) is 5.14. The van der Waals surface area contributed by atoms with Crippen molar-refractivity contribution in [1.29, 1.82) is 0 Å². The van der Waals surface area contributed by atoms with Crippen molar-refractivity contribution < 1.29 is 19.2 Å². The minimum Gasteiger partial charge on any atom is -0.345 e. The molecule has 0 bridgehead atoms. The monoisotopic (exact) mass is 384 g/mol. The Hall–Kier alpha value is -1.55. The van der Waals surface area contributed by atoms with Gasteiger partial charge in [0.25, 0.3) is 0 Å². The summed E-state index contributed by atoms with van der Waals surface area (Å²) in [6.07, 6.45) is 3.04. The Balaban J connectivity index is 3.89. The molecule has 0 saturated carbocycles. The molecule has 0 aromatic heterocycles. The van der Waals surface area contributed by atoms with Crippen LogP contribution in [0.1, 0.15) is 46.5 Å². The first-order chi connectivity index (χ1) is 12.1. The summed E-state index contributed by atoms with van der Waals surface area (Å²) >= 11 is 1.56. The van der Waals surface area contributed by atoms with Crippen molar-refractivity contribution in [2.24, 2.45) is 5.73 Å². The van der Waals surface area contributed by atoms with Gasteiger partial charge in [-0.25, -0.2) is 0 Å². The van der Waals surface area contributed by atoms with Crippen molar-refractivity contribution in [3.63, 3.8) is 0 Å². The number of thioether (sulfide) groups is 1. The first-order valence-electron chi connectivity index (χ1n) is 8.65. The Morgan fingerprint density at radius 3 is 2.08 bits per heavy atom. The zero-order valence-electron chi connectivity index (χ0n) is 15.7. The molecule has 0 aliphatic carbocycles. The minimum atomic E-state index is -0.779. The number of rotatable bonds is 13. The van der Waals surface area contributed by atoms with Gasteiger partial charge in [0.2, 0.25) is 17.7 Å². The van der Waals surface area contributed by atoms with Crippen LogP contribution in [0.15, 0.2) is 0 Å². The number of nitrogens with one attached hydrogen (secondary N) is 3. The van der Waals surface area contributed by atoms with Crippen LogP contribution in [0.4, 0.5) is 0 Å². The molecule has 0 saturated heterocycles. The molecule has 0 aromatic carbocycles. The lowest BCUT2D eigenvalue weighted by Gasteiger charge is -2.19. The molecule has 0 aliphatic heterocycles. The highest BCUT2D eigenvalue weighted by Crippen LogP contribution is 2.06. The van der Waals surface area contributed by atoms with Crippen LogP contribution in [0, 0.1) is 0 Å². The summed E-state index contributed by atoms with van der Waals surface area (Å²) in [6, 6.07) is -2.20. The molecule has 5 N–H and O–H groups in total. The second-order valence-corrected chi connectivity index (χ2v) is 7.22. The quantitative estimate of drug-likeness (QED) is 0.191.